The van der Waals surface area contributed by atoms with Crippen LogP contribution in [0.25, 0.3) is 10.7 Å². The van der Waals surface area contributed by atoms with Gasteiger partial charge in [0.2, 0.25) is 5.82 Å². The van der Waals surface area contributed by atoms with E-state index in [9.17, 15) is 19.2 Å². The summed E-state index contributed by atoms with van der Waals surface area (Å²) < 4.78 is 33.3. The molecule has 12 nitrogen and oxygen atoms in total. The van der Waals surface area contributed by atoms with Gasteiger partial charge >= 0.3 is 12.1 Å². The summed E-state index contributed by atoms with van der Waals surface area (Å²) >= 11 is 1.39. The fourth-order valence-corrected chi connectivity index (χ4v) is 7.21. The van der Waals surface area contributed by atoms with Crippen LogP contribution in [0.2, 0.25) is 0 Å². The fraction of sp³-hybridized carbons (Fsp3) is 0.645. The monoisotopic (exact) mass is 645 g/mol. The zero-order chi connectivity index (χ0) is 33.3. The summed E-state index contributed by atoms with van der Waals surface area (Å²) in [5.74, 6) is 1.69. The molecule has 14 heteroatoms. The van der Waals surface area contributed by atoms with Gasteiger partial charge in [-0.3, -0.25) is 9.59 Å². The number of tetrazole rings is 1. The van der Waals surface area contributed by atoms with E-state index in [-0.39, 0.29) is 31.7 Å². The molecule has 0 aromatic carbocycles. The van der Waals surface area contributed by atoms with E-state index in [1.54, 1.807) is 41.7 Å². The number of rotatable bonds is 4. The van der Waals surface area contributed by atoms with E-state index in [0.717, 1.165) is 16.7 Å². The highest BCUT2D eigenvalue weighted by Gasteiger charge is 2.57. The molecule has 2 aromatic rings. The summed E-state index contributed by atoms with van der Waals surface area (Å²) in [6, 6.07) is 2.81. The van der Waals surface area contributed by atoms with Gasteiger partial charge in [0.1, 0.15) is 18.5 Å². The number of ketones is 2. The first-order chi connectivity index (χ1) is 21.0. The number of halogens is 1. The van der Waals surface area contributed by atoms with Gasteiger partial charge in [-0.2, -0.15) is 4.80 Å². The molecule has 45 heavy (non-hydrogen) atoms. The van der Waals surface area contributed by atoms with Crippen molar-refractivity contribution in [3.8, 4) is 22.5 Å². The van der Waals surface area contributed by atoms with Gasteiger partial charge in [0.15, 0.2) is 11.4 Å². The number of carbonyl (C=O) groups excluding carboxylic acids is 4. The molecule has 4 rings (SSSR count). The summed E-state index contributed by atoms with van der Waals surface area (Å²) in [5.41, 5.74) is -5.55. The number of ether oxygens (including phenoxy) is 3. The van der Waals surface area contributed by atoms with Crippen LogP contribution in [0.15, 0.2) is 12.1 Å². The van der Waals surface area contributed by atoms with E-state index in [1.165, 1.54) is 23.1 Å². The molecule has 1 amide bonds. The third-order valence-electron chi connectivity index (χ3n) is 8.71. The largest absolute Gasteiger partial charge is 0.455 e. The van der Waals surface area contributed by atoms with Crippen molar-refractivity contribution in [2.24, 2.45) is 24.8 Å². The second-order valence-electron chi connectivity index (χ2n) is 12.6. The van der Waals surface area contributed by atoms with Gasteiger partial charge in [0.05, 0.1) is 28.4 Å². The molecule has 4 heterocycles. The van der Waals surface area contributed by atoms with Crippen LogP contribution in [0.3, 0.4) is 0 Å². The SMILES string of the molecule is CC[C@H]1OC(=O)[C@@](C)(F)C(=O)[C@H](C)C[C@](C)(OCC#Cc2ccc(-c3nnn(C)n3)s2)C[C@@H](C)C(=O)[C@H](C)[C@H]2NC(=O)O[C@@]21C. The van der Waals surface area contributed by atoms with E-state index < -0.39 is 64.6 Å². The Labute approximate surface area is 265 Å². The Morgan fingerprint density at radius 3 is 2.47 bits per heavy atom. The minimum atomic E-state index is -2.97. The second kappa shape index (κ2) is 13.0. The number of cyclic esters (lactones) is 1. The number of aromatic nitrogens is 4. The van der Waals surface area contributed by atoms with Crippen molar-refractivity contribution >= 4 is 35.0 Å². The highest BCUT2D eigenvalue weighted by Crippen LogP contribution is 2.39. The molecule has 8 atom stereocenters. The predicted molar refractivity (Wildman–Crippen MR) is 162 cm³/mol. The molecule has 2 aliphatic heterocycles. The third-order valence-corrected chi connectivity index (χ3v) is 9.70. The lowest BCUT2D eigenvalue weighted by atomic mass is 9.74. The first kappa shape index (κ1) is 34.2. The standard InChI is InChI=1S/C31H40FN5O7S/c1-9-22-31(7)24(33-28(41)44-31)19(4)23(38)17(2)15-29(5,16-18(3)25(39)30(6,32)27(40)43-22)42-14-10-11-20-12-13-21(45-20)26-34-36-37(8)35-26/h12-13,17-19,22,24H,9,14-16H2,1-8H3,(H,33,41)/t17-,18-,19+,22-,24-,29-,30+,31-/m1/s1. The van der Waals surface area contributed by atoms with Crippen LogP contribution in [0.1, 0.15) is 72.6 Å². The van der Waals surface area contributed by atoms with Crippen LogP contribution >= 0.6 is 11.3 Å². The van der Waals surface area contributed by atoms with Crippen molar-refractivity contribution in [2.75, 3.05) is 6.61 Å². The van der Waals surface area contributed by atoms with E-state index in [4.69, 9.17) is 14.2 Å². The van der Waals surface area contributed by atoms with E-state index in [2.05, 4.69) is 32.6 Å². The fourth-order valence-electron chi connectivity index (χ4n) is 6.40. The predicted octanol–water partition coefficient (Wildman–Crippen LogP) is 3.82. The summed E-state index contributed by atoms with van der Waals surface area (Å²) in [5, 5.41) is 14.7. The molecule has 0 aliphatic carbocycles. The summed E-state index contributed by atoms with van der Waals surface area (Å²) in [7, 11) is 1.68. The number of nitrogens with zero attached hydrogens (tertiary/aromatic N) is 4. The Morgan fingerprint density at radius 1 is 1.13 bits per heavy atom. The highest BCUT2D eigenvalue weighted by atomic mass is 32.1. The lowest BCUT2D eigenvalue weighted by molar-refractivity contribution is -0.180. The molecule has 1 N–H and O–H groups in total. The minimum absolute atomic E-state index is 0.0198. The second-order valence-corrected chi connectivity index (χ2v) is 13.7. The lowest BCUT2D eigenvalue weighted by Gasteiger charge is -2.40. The van der Waals surface area contributed by atoms with Crippen LogP contribution in [-0.4, -0.2) is 79.5 Å². The maximum absolute atomic E-state index is 15.9. The number of hydrogen-bond acceptors (Lipinski definition) is 11. The number of carbonyl (C=O) groups is 4. The van der Waals surface area contributed by atoms with E-state index in [1.807, 2.05) is 12.1 Å². The number of aryl methyl sites for hydroxylation is 1. The first-order valence-electron chi connectivity index (χ1n) is 14.9. The van der Waals surface area contributed by atoms with Gasteiger partial charge < -0.3 is 19.5 Å². The van der Waals surface area contributed by atoms with Gasteiger partial charge in [-0.05, 0) is 57.4 Å². The highest BCUT2D eigenvalue weighted by molar-refractivity contribution is 7.15. The summed E-state index contributed by atoms with van der Waals surface area (Å²) in [6.07, 6.45) is -1.53. The average molecular weight is 646 g/mol. The topological polar surface area (TPSA) is 152 Å². The number of alkyl halides is 1. The van der Waals surface area contributed by atoms with Gasteiger partial charge in [-0.1, -0.05) is 39.5 Å². The molecule has 0 saturated carbocycles. The number of Topliss-reactive ketones (excluding diaryl/α,β-unsaturated/α-hetero) is 2. The van der Waals surface area contributed by atoms with Crippen LogP contribution in [-0.2, 0) is 35.6 Å². The molecular formula is C31H40FN5O7S. The Kier molecular flexibility index (Phi) is 9.84. The molecule has 2 saturated heterocycles. The summed E-state index contributed by atoms with van der Waals surface area (Å²) in [6.45, 7) is 10.8. The lowest BCUT2D eigenvalue weighted by Crippen LogP contribution is -2.58. The van der Waals surface area contributed by atoms with Gasteiger partial charge in [0.25, 0.3) is 5.67 Å². The van der Waals surface area contributed by atoms with Crippen molar-refractivity contribution in [1.29, 1.82) is 0 Å². The normalized spacial score (nSPS) is 34.6. The molecule has 244 valence electrons. The quantitative estimate of drug-likeness (QED) is 0.295. The minimum Gasteiger partial charge on any atom is -0.455 e. The van der Waals surface area contributed by atoms with Crippen molar-refractivity contribution in [1.82, 2.24) is 25.5 Å². The van der Waals surface area contributed by atoms with Crippen LogP contribution in [0.4, 0.5) is 9.18 Å². The van der Waals surface area contributed by atoms with Crippen LogP contribution in [0, 0.1) is 29.6 Å². The summed E-state index contributed by atoms with van der Waals surface area (Å²) in [4.78, 5) is 55.7. The average Bonchev–Trinajstić information content (AvgIpc) is 3.70. The number of hydrogen-bond donors (Lipinski definition) is 1. The van der Waals surface area contributed by atoms with E-state index in [0.29, 0.717) is 5.82 Å². The van der Waals surface area contributed by atoms with Crippen LogP contribution in [0.5, 0.6) is 0 Å². The number of nitrogens with one attached hydrogen (secondary N) is 1. The molecule has 0 unspecified atom stereocenters. The molecule has 0 spiro atoms. The van der Waals surface area contributed by atoms with Crippen molar-refractivity contribution in [3.63, 3.8) is 0 Å². The molecular weight excluding hydrogens is 605 g/mol. The van der Waals surface area contributed by atoms with Gasteiger partial charge in [0, 0.05) is 17.8 Å². The van der Waals surface area contributed by atoms with E-state index >= 15 is 4.39 Å². The third kappa shape index (κ3) is 7.09. The first-order valence-corrected chi connectivity index (χ1v) is 15.8. The smallest absolute Gasteiger partial charge is 0.408 e. The zero-order valence-corrected chi connectivity index (χ0v) is 27.6. The van der Waals surface area contributed by atoms with Crippen molar-refractivity contribution < 1.29 is 37.8 Å². The molecule has 2 aromatic heterocycles. The van der Waals surface area contributed by atoms with Crippen molar-refractivity contribution in [3.05, 3.63) is 17.0 Å². The van der Waals surface area contributed by atoms with Gasteiger partial charge in [-0.25, -0.2) is 14.0 Å². The Hall–Kier alpha value is -3.70. The van der Waals surface area contributed by atoms with Gasteiger partial charge in [-0.15, -0.1) is 21.5 Å². The molecule has 0 radical (unpaired) electrons. The Morgan fingerprint density at radius 2 is 1.82 bits per heavy atom. The molecule has 0 bridgehead atoms. The molecule has 2 aliphatic rings. The van der Waals surface area contributed by atoms with Crippen molar-refractivity contribution in [2.45, 2.75) is 96.7 Å². The number of fused-ring (bicyclic) bond motifs is 1. The van der Waals surface area contributed by atoms with Crippen LogP contribution < -0.4 is 5.32 Å². The zero-order valence-electron chi connectivity index (χ0n) is 26.8. The Bertz CT molecular complexity index is 1530. The Balaban J connectivity index is 1.60. The maximum atomic E-state index is 15.9. The molecule has 2 fully saturated rings. The number of amides is 1. The number of alkyl carbamates (subject to hydrolysis) is 1. The number of thiophene rings is 1. The number of esters is 1. The maximum Gasteiger partial charge on any atom is 0.408 e.